The second-order valence-electron chi connectivity index (χ2n) is 36.7. The lowest BCUT2D eigenvalue weighted by Crippen LogP contribution is -2.47. The molecule has 20 atom stereocenters. The van der Waals surface area contributed by atoms with Crippen molar-refractivity contribution in [1.82, 2.24) is 9.80 Å². The Hall–Kier alpha value is -10.5. The van der Waals surface area contributed by atoms with Gasteiger partial charge in [0.05, 0.1) is 120 Å². The summed E-state index contributed by atoms with van der Waals surface area (Å²) in [4.78, 5) is 176. The predicted octanol–water partition coefficient (Wildman–Crippen LogP) is 6.55. The average Bonchev–Trinajstić information content (AvgIpc) is 1.61. The highest BCUT2D eigenvalue weighted by Gasteiger charge is 2.53. The van der Waals surface area contributed by atoms with E-state index < -0.39 is 67.5 Å². The monoisotopic (exact) mass is 1930 g/mol. The summed E-state index contributed by atoms with van der Waals surface area (Å²) in [6, 6.07) is 6.96. The Morgan fingerprint density at radius 1 is 0.390 bits per heavy atom. The van der Waals surface area contributed by atoms with E-state index in [0.717, 1.165) is 117 Å². The van der Waals surface area contributed by atoms with Gasteiger partial charge in [0, 0.05) is 74.5 Å². The van der Waals surface area contributed by atoms with E-state index >= 15 is 0 Å². The van der Waals surface area contributed by atoms with Crippen LogP contribution >= 0.6 is 0 Å². The second kappa shape index (κ2) is 67.7. The van der Waals surface area contributed by atoms with Crippen molar-refractivity contribution in [2.24, 2.45) is 11.8 Å². The molecule has 136 heavy (non-hydrogen) atoms. The van der Waals surface area contributed by atoms with E-state index in [1.165, 1.54) is 0 Å². The van der Waals surface area contributed by atoms with Crippen LogP contribution in [0.5, 0.6) is 0 Å². The van der Waals surface area contributed by atoms with Gasteiger partial charge in [-0.05, 0) is 76.3 Å². The predicted molar refractivity (Wildman–Crippen MR) is 478 cm³/mol. The number of hydrogen-bond acceptors (Lipinski definition) is 34. The number of nitrogens with zero attached hydrogens (tertiary/aromatic N) is 8. The smallest absolute Gasteiger partial charge is 0.373 e. The lowest BCUT2D eigenvalue weighted by Gasteiger charge is -2.32. The normalized spacial score (nSPS) is 23.5. The minimum absolute atomic E-state index is 0.0155. The van der Waals surface area contributed by atoms with Gasteiger partial charge in [-0.25, -0.2) is 19.2 Å². The Labute approximate surface area is 800 Å². The molecule has 0 unspecified atom stereocenters. The van der Waals surface area contributed by atoms with Gasteiger partial charge >= 0.3 is 79.0 Å². The van der Waals surface area contributed by atoms with E-state index in [2.05, 4.69) is 112 Å². The summed E-state index contributed by atoms with van der Waals surface area (Å²) in [7, 11) is 24.9. The number of aliphatic hydroxyl groups excluding tert-OH is 4. The number of allylic oxidation sites excluding steroid dienone is 2. The highest BCUT2D eigenvalue weighted by atomic mass is 16.6. The number of hydrogen-bond donors (Lipinski definition) is 4. The van der Waals surface area contributed by atoms with E-state index in [1.54, 1.807) is 78.7 Å². The molecular weight excluding hydrogens is 1780 g/mol. The highest BCUT2D eigenvalue weighted by Crippen LogP contribution is 2.40. The molecular formula is C96H154N8O32+6. The maximum absolute atomic E-state index is 12.9. The van der Waals surface area contributed by atoms with Gasteiger partial charge in [-0.3, -0.25) is 9.59 Å². The van der Waals surface area contributed by atoms with Crippen LogP contribution in [0.25, 0.3) is 0 Å². The summed E-state index contributed by atoms with van der Waals surface area (Å²) in [5, 5.41) is 41.0. The molecule has 4 N–H and O–H groups in total. The van der Waals surface area contributed by atoms with Crippen molar-refractivity contribution in [1.29, 1.82) is 0 Å². The van der Waals surface area contributed by atoms with Crippen LogP contribution in [-0.4, -0.2) is 330 Å². The third kappa shape index (κ3) is 47.5. The first kappa shape index (κ1) is 128. The van der Waals surface area contributed by atoms with Crippen LogP contribution in [-0.2, 0) is 124 Å². The molecule has 2 aromatic rings. The lowest BCUT2D eigenvalue weighted by molar-refractivity contribution is -0.873. The fourth-order valence-electron chi connectivity index (χ4n) is 15.5. The van der Waals surface area contributed by atoms with Crippen molar-refractivity contribution < 1.29 is 181 Å². The molecule has 40 heteroatoms. The molecule has 40 nitrogen and oxygen atoms in total. The van der Waals surface area contributed by atoms with Gasteiger partial charge in [0.2, 0.25) is 0 Å². The van der Waals surface area contributed by atoms with Crippen molar-refractivity contribution >= 4 is 72.7 Å². The van der Waals surface area contributed by atoms with Crippen LogP contribution in [0.3, 0.4) is 0 Å². The highest BCUT2D eigenvalue weighted by molar-refractivity contribution is 5.90. The van der Waals surface area contributed by atoms with Gasteiger partial charge in [-0.1, -0.05) is 121 Å². The molecule has 8 heterocycles. The Morgan fingerprint density at radius 3 is 1.01 bits per heavy atom. The Bertz CT molecular complexity index is 4120. The Morgan fingerprint density at radius 2 is 0.676 bits per heavy atom. The molecule has 0 bridgehead atoms. The number of carbonyl (C=O) groups excluding carboxylic acids is 18. The molecule has 0 radical (unpaired) electrons. The number of aromatic nitrogens is 2. The van der Waals surface area contributed by atoms with Crippen LogP contribution in [0, 0.1) is 11.8 Å². The molecule has 0 amide bonds. The van der Waals surface area contributed by atoms with Crippen LogP contribution < -0.4 is 9.13 Å². The lowest BCUT2D eigenvalue weighted by atomic mass is 9.92. The van der Waals surface area contributed by atoms with Crippen LogP contribution in [0.15, 0.2) is 97.2 Å². The fourth-order valence-corrected chi connectivity index (χ4v) is 15.5. The molecule has 4 saturated heterocycles. The molecule has 0 spiro atoms. The van der Waals surface area contributed by atoms with Crippen LogP contribution in [0.2, 0.25) is 0 Å². The molecule has 6 aliphatic rings. The van der Waals surface area contributed by atoms with Gasteiger partial charge in [-0.2, -0.15) is 66.7 Å². The van der Waals surface area contributed by atoms with E-state index in [-0.39, 0.29) is 127 Å². The number of rotatable bonds is 38. The topological polar surface area (TPSA) is 495 Å². The Balaban J connectivity index is 0. The molecule has 6 aliphatic heterocycles. The molecule has 0 saturated carbocycles. The van der Waals surface area contributed by atoms with Crippen molar-refractivity contribution in [2.75, 3.05) is 111 Å². The number of aliphatic hydroxyl groups is 4. The van der Waals surface area contributed by atoms with Gasteiger partial charge in [0.1, 0.15) is 55.6 Å². The zero-order valence-corrected chi connectivity index (χ0v) is 84.0. The summed E-state index contributed by atoms with van der Waals surface area (Å²) in [6.07, 6.45) is 24.2. The summed E-state index contributed by atoms with van der Waals surface area (Å²) in [5.41, 5.74) is 1.95. The van der Waals surface area contributed by atoms with Crippen molar-refractivity contribution in [3.8, 4) is 0 Å². The minimum Gasteiger partial charge on any atom is -0.457 e. The molecule has 0 aliphatic carbocycles. The zero-order chi connectivity index (χ0) is 104. The number of esters is 6. The number of likely N-dealkylation sites (N-methyl/N-ethyl adjacent to an activating group) is 4. The zero-order valence-electron chi connectivity index (χ0n) is 84.0. The van der Waals surface area contributed by atoms with Crippen molar-refractivity contribution in [3.05, 3.63) is 108 Å². The summed E-state index contributed by atoms with van der Waals surface area (Å²) in [6.45, 7) is 27.1. The van der Waals surface area contributed by atoms with Crippen molar-refractivity contribution in [2.45, 2.75) is 309 Å². The molecule has 0 aromatic carbocycles. The summed E-state index contributed by atoms with van der Waals surface area (Å²) >= 11 is 0. The number of ether oxygens (including phenoxy) is 10. The van der Waals surface area contributed by atoms with E-state index in [0.29, 0.717) is 65.3 Å². The number of quaternary nitrogens is 4. The first-order valence-corrected chi connectivity index (χ1v) is 46.1. The molecule has 2 aromatic heterocycles. The quantitative estimate of drug-likeness (QED) is 0.0239. The second-order valence-corrected chi connectivity index (χ2v) is 36.7. The van der Waals surface area contributed by atoms with Gasteiger partial charge in [0.15, 0.2) is 80.0 Å². The first-order chi connectivity index (χ1) is 64.1. The first-order valence-electron chi connectivity index (χ1n) is 46.1. The minimum atomic E-state index is -1.04. The maximum Gasteiger partial charge on any atom is 0.373 e. The average molecular weight is 1930 g/mol. The standard InChI is InChI=1S/C25H43N2O5.C25H42N2O5.C20H35N2O5.C20H34N2O5.6CO2/c2*1-8-13-21-20(10-3)23(32-22(28)11-4)24(31-21)26-15-12-14-18(16-26)25(29)30-19(9-2)17-27(5,6)7;2*1-6-9-16-17(23)18(24)19(27-16)21-11-8-10-14(12-21)20(25)26-15(7-2)13-22(3,4)5;6*2-1-3/h12,15-16,19-21,23-24H,8-11,13-14,17H2,1-7H3;12,14-16,19-21,23-24H,8-11,13,17H2,1-7H3;8,11-12,15-19,23-24H,6-7,9-10,13H2,1-5H3;8,10-12,15-19,23-24H,6-7,9,13H2,1-5H3;;;;;;/q+1;+2;+1;+2;;;;;;/t2*19-,20-,21-,23-,24-;2*15-,16-,17-,18-,19-;;;;;;/m1111....../s1. The van der Waals surface area contributed by atoms with Crippen molar-refractivity contribution in [3.63, 3.8) is 0 Å². The van der Waals surface area contributed by atoms with E-state index in [4.69, 9.17) is 105 Å². The van der Waals surface area contributed by atoms with Gasteiger partial charge < -0.3 is 95.5 Å². The number of pyridine rings is 2. The Kier molecular flexibility index (Phi) is 63.4. The molecule has 764 valence electrons. The molecule has 4 fully saturated rings. The summed E-state index contributed by atoms with van der Waals surface area (Å²) < 4.78 is 65.5. The maximum atomic E-state index is 12.9. The SMILES string of the molecule is CCC[C@H]1O[C@@H](N2C=CCC(C(=O)O[C@H](CC)C[N+](C)(C)C)=C2)[C@H](O)[C@@H]1O.CCC[C@H]1O[C@@H](N2C=CCC(C(=O)O[C@H](CC)C[N+](C)(C)C)=C2)[C@H](OC(=O)CC)[C@@H]1CC.CCC[C@H]1O[C@@H]([n+]2cccc(C(=O)O[C@H](CC)C[N+](C)(C)C)c2)[C@H](O)[C@@H]1O.CCC[C@H]1O[C@@H]([n+]2cccc(C(=O)O[C@H](CC)C[N+](C)(C)C)c2)[C@H](OC(=O)CC)[C@@H]1CC.O=C=O.O=C=O.O=C=O.O=C=O.O=C=O.O=C=O. The van der Waals surface area contributed by atoms with Crippen LogP contribution in [0.1, 0.15) is 232 Å². The van der Waals surface area contributed by atoms with Gasteiger partial charge in [-0.15, -0.1) is 0 Å². The van der Waals surface area contributed by atoms with E-state index in [1.807, 2.05) is 81.6 Å². The third-order valence-corrected chi connectivity index (χ3v) is 21.6. The van der Waals surface area contributed by atoms with E-state index in [9.17, 15) is 49.2 Å². The van der Waals surface area contributed by atoms with Crippen LogP contribution in [0.4, 0.5) is 0 Å². The fraction of sp³-hybridized carbons (Fsp3) is 0.688. The van der Waals surface area contributed by atoms with Gasteiger partial charge in [0.25, 0.3) is 6.23 Å². The largest absolute Gasteiger partial charge is 0.457 e. The molecule has 8 rings (SSSR count). The number of carbonyl (C=O) groups is 6. The third-order valence-electron chi connectivity index (χ3n) is 21.6. The summed E-state index contributed by atoms with van der Waals surface area (Å²) in [5.74, 6) is -1.60.